The second-order valence-corrected chi connectivity index (χ2v) is 8.84. The van der Waals surface area contributed by atoms with Gasteiger partial charge >= 0.3 is 0 Å². The van der Waals surface area contributed by atoms with Gasteiger partial charge in [0.15, 0.2) is 0 Å². The molecule has 122 valence electrons. The zero-order chi connectivity index (χ0) is 16.4. The SMILES string of the molecule is CCCCC(CC)Cn1c2cc(I)ccc2c2ccc(I)cc21. The van der Waals surface area contributed by atoms with E-state index in [1.54, 1.807) is 0 Å². The van der Waals surface area contributed by atoms with Crippen LogP contribution in [0.4, 0.5) is 0 Å². The van der Waals surface area contributed by atoms with Crippen molar-refractivity contribution >= 4 is 67.0 Å². The molecule has 23 heavy (non-hydrogen) atoms. The van der Waals surface area contributed by atoms with Crippen LogP contribution >= 0.6 is 45.2 Å². The van der Waals surface area contributed by atoms with Gasteiger partial charge < -0.3 is 4.57 Å². The molecule has 1 aromatic heterocycles. The first-order valence-corrected chi connectivity index (χ1v) is 10.7. The monoisotopic (exact) mass is 531 g/mol. The quantitative estimate of drug-likeness (QED) is 0.296. The first-order valence-electron chi connectivity index (χ1n) is 8.51. The molecule has 0 spiro atoms. The van der Waals surface area contributed by atoms with Gasteiger partial charge in [0.2, 0.25) is 0 Å². The zero-order valence-corrected chi connectivity index (χ0v) is 18.1. The maximum absolute atomic E-state index is 2.57. The molecule has 0 saturated heterocycles. The number of hydrogen-bond donors (Lipinski definition) is 0. The minimum absolute atomic E-state index is 0.768. The van der Waals surface area contributed by atoms with E-state index in [-0.39, 0.29) is 0 Å². The Bertz CT molecular complexity index is 760. The normalized spacial score (nSPS) is 13.0. The summed E-state index contributed by atoms with van der Waals surface area (Å²) in [5.74, 6) is 0.768. The molecule has 3 heteroatoms. The van der Waals surface area contributed by atoms with Gasteiger partial charge in [0.05, 0.1) is 11.0 Å². The van der Waals surface area contributed by atoms with Crippen LogP contribution in [-0.2, 0) is 6.54 Å². The van der Waals surface area contributed by atoms with Crippen LogP contribution in [0, 0.1) is 13.1 Å². The summed E-state index contributed by atoms with van der Waals surface area (Å²) in [6.07, 6.45) is 5.22. The molecule has 3 rings (SSSR count). The van der Waals surface area contributed by atoms with Crippen molar-refractivity contribution in [3.05, 3.63) is 43.5 Å². The molecule has 0 aliphatic carbocycles. The molecular weight excluding hydrogens is 508 g/mol. The number of halogens is 2. The van der Waals surface area contributed by atoms with Crippen LogP contribution < -0.4 is 0 Å². The van der Waals surface area contributed by atoms with Crippen LogP contribution in [0.2, 0.25) is 0 Å². The van der Waals surface area contributed by atoms with Crippen molar-refractivity contribution in [2.45, 2.75) is 46.1 Å². The van der Waals surface area contributed by atoms with Gasteiger partial charge in [0.1, 0.15) is 0 Å². The number of benzene rings is 2. The summed E-state index contributed by atoms with van der Waals surface area (Å²) >= 11 is 4.85. The van der Waals surface area contributed by atoms with Crippen LogP contribution in [0.15, 0.2) is 36.4 Å². The predicted molar refractivity (Wildman–Crippen MR) is 118 cm³/mol. The minimum Gasteiger partial charge on any atom is -0.340 e. The van der Waals surface area contributed by atoms with E-state index in [9.17, 15) is 0 Å². The van der Waals surface area contributed by atoms with Gasteiger partial charge in [-0.15, -0.1) is 0 Å². The number of unbranched alkanes of at least 4 members (excludes halogenated alkanes) is 1. The lowest BCUT2D eigenvalue weighted by Crippen LogP contribution is -2.10. The Morgan fingerprint density at radius 3 is 1.96 bits per heavy atom. The van der Waals surface area contributed by atoms with Gasteiger partial charge in [-0.1, -0.05) is 45.2 Å². The third kappa shape index (κ3) is 3.70. The molecule has 0 bridgehead atoms. The van der Waals surface area contributed by atoms with E-state index in [2.05, 4.69) is 100.0 Å². The van der Waals surface area contributed by atoms with Crippen LogP contribution in [0.3, 0.4) is 0 Å². The average Bonchev–Trinajstić information content (AvgIpc) is 2.83. The fraction of sp³-hybridized carbons (Fsp3) is 0.400. The highest BCUT2D eigenvalue weighted by Crippen LogP contribution is 2.32. The van der Waals surface area contributed by atoms with Crippen molar-refractivity contribution in [2.24, 2.45) is 5.92 Å². The molecule has 3 aromatic rings. The number of fused-ring (bicyclic) bond motifs is 3. The molecule has 0 amide bonds. The van der Waals surface area contributed by atoms with Gasteiger partial charge in [-0.3, -0.25) is 0 Å². The summed E-state index contributed by atoms with van der Waals surface area (Å²) in [5.41, 5.74) is 2.78. The Balaban J connectivity index is 2.14. The van der Waals surface area contributed by atoms with E-state index in [0.717, 1.165) is 12.5 Å². The van der Waals surface area contributed by atoms with Crippen molar-refractivity contribution in [2.75, 3.05) is 0 Å². The highest BCUT2D eigenvalue weighted by atomic mass is 127. The third-order valence-electron chi connectivity index (χ3n) is 4.78. The van der Waals surface area contributed by atoms with Crippen LogP contribution in [0.5, 0.6) is 0 Å². The lowest BCUT2D eigenvalue weighted by molar-refractivity contribution is 0.401. The summed E-state index contributed by atoms with van der Waals surface area (Å²) in [4.78, 5) is 0. The lowest BCUT2D eigenvalue weighted by Gasteiger charge is -2.17. The molecule has 0 radical (unpaired) electrons. The Kier molecular flexibility index (Phi) is 5.88. The largest absolute Gasteiger partial charge is 0.340 e. The third-order valence-corrected chi connectivity index (χ3v) is 6.12. The Morgan fingerprint density at radius 2 is 1.48 bits per heavy atom. The molecule has 1 unspecified atom stereocenters. The van der Waals surface area contributed by atoms with E-state index in [4.69, 9.17) is 0 Å². The van der Waals surface area contributed by atoms with Gasteiger partial charge in [-0.2, -0.15) is 0 Å². The predicted octanol–water partition coefficient (Wildman–Crippen LogP) is 7.22. The van der Waals surface area contributed by atoms with Crippen molar-refractivity contribution in [1.82, 2.24) is 4.57 Å². The second kappa shape index (κ2) is 7.72. The van der Waals surface area contributed by atoms with Crippen LogP contribution in [0.1, 0.15) is 39.5 Å². The van der Waals surface area contributed by atoms with E-state index < -0.39 is 0 Å². The standard InChI is InChI=1S/C20H23I2N/c1-3-5-6-14(4-2)13-23-19-11-15(21)7-9-17(19)18-10-8-16(22)12-20(18)23/h7-12,14H,3-6,13H2,1-2H3. The Morgan fingerprint density at radius 1 is 0.913 bits per heavy atom. The van der Waals surface area contributed by atoms with Crippen molar-refractivity contribution in [3.63, 3.8) is 0 Å². The molecule has 0 saturated carbocycles. The maximum atomic E-state index is 2.57. The maximum Gasteiger partial charge on any atom is 0.0502 e. The van der Waals surface area contributed by atoms with Crippen LogP contribution in [0.25, 0.3) is 21.8 Å². The van der Waals surface area contributed by atoms with Gasteiger partial charge in [0.25, 0.3) is 0 Å². The minimum atomic E-state index is 0.768. The molecule has 1 heterocycles. The molecular formula is C20H23I2N. The number of nitrogens with zero attached hydrogens (tertiary/aromatic N) is 1. The second-order valence-electron chi connectivity index (χ2n) is 6.35. The zero-order valence-electron chi connectivity index (χ0n) is 13.8. The molecule has 1 nitrogen and oxygen atoms in total. The van der Waals surface area contributed by atoms with Gasteiger partial charge in [-0.05, 0) is 81.8 Å². The lowest BCUT2D eigenvalue weighted by atomic mass is 9.99. The molecule has 0 fully saturated rings. The van der Waals surface area contributed by atoms with Gasteiger partial charge in [-0.25, -0.2) is 0 Å². The number of aromatic nitrogens is 1. The van der Waals surface area contributed by atoms with E-state index in [1.807, 2.05) is 0 Å². The van der Waals surface area contributed by atoms with Gasteiger partial charge in [0, 0.05) is 24.5 Å². The number of hydrogen-bond acceptors (Lipinski definition) is 0. The fourth-order valence-electron chi connectivity index (χ4n) is 3.41. The smallest absolute Gasteiger partial charge is 0.0502 e. The summed E-state index contributed by atoms with van der Waals surface area (Å²) in [6, 6.07) is 13.7. The van der Waals surface area contributed by atoms with Crippen LogP contribution in [-0.4, -0.2) is 4.57 Å². The summed E-state index contributed by atoms with van der Waals surface area (Å²) in [5, 5.41) is 2.78. The number of rotatable bonds is 6. The van der Waals surface area contributed by atoms with Crippen molar-refractivity contribution in [1.29, 1.82) is 0 Å². The average molecular weight is 531 g/mol. The first-order chi connectivity index (χ1) is 11.1. The Hall–Kier alpha value is -0.300. The van der Waals surface area contributed by atoms with Crippen molar-refractivity contribution < 1.29 is 0 Å². The molecule has 1 atom stereocenters. The van der Waals surface area contributed by atoms with E-state index in [0.29, 0.717) is 0 Å². The molecule has 0 N–H and O–H groups in total. The van der Waals surface area contributed by atoms with E-state index in [1.165, 1.54) is 54.6 Å². The molecule has 0 aliphatic rings. The summed E-state index contributed by atoms with van der Waals surface area (Å²) in [7, 11) is 0. The Labute approximate surface area is 166 Å². The summed E-state index contributed by atoms with van der Waals surface area (Å²) in [6.45, 7) is 5.76. The van der Waals surface area contributed by atoms with E-state index >= 15 is 0 Å². The molecule has 0 aliphatic heterocycles. The topological polar surface area (TPSA) is 4.93 Å². The summed E-state index contributed by atoms with van der Waals surface area (Å²) < 4.78 is 5.20. The first kappa shape index (κ1) is 17.5. The molecule has 2 aromatic carbocycles. The highest BCUT2D eigenvalue weighted by Gasteiger charge is 2.15. The fourth-order valence-corrected chi connectivity index (χ4v) is 4.36. The van der Waals surface area contributed by atoms with Crippen molar-refractivity contribution in [3.8, 4) is 0 Å². The highest BCUT2D eigenvalue weighted by molar-refractivity contribution is 14.1.